The van der Waals surface area contributed by atoms with Crippen molar-refractivity contribution in [1.29, 1.82) is 0 Å². The number of nitrogens with zero attached hydrogens (tertiary/aromatic N) is 3. The van der Waals surface area contributed by atoms with Crippen molar-refractivity contribution in [2.24, 2.45) is 0 Å². The number of aromatic nitrogens is 2. The highest BCUT2D eigenvalue weighted by atomic mass is 19.4. The zero-order valence-electron chi connectivity index (χ0n) is 23.9. The Bertz CT molecular complexity index is 1820. The number of carbonyl (C=O) groups is 3. The monoisotopic (exact) mass is 617 g/mol. The van der Waals surface area contributed by atoms with Gasteiger partial charge >= 0.3 is 6.18 Å². The Kier molecular flexibility index (Phi) is 7.73. The molecule has 2 heterocycles. The number of carbonyl (C=O) groups excluding carboxylic acids is 3. The Labute approximate surface area is 255 Å². The predicted octanol–water partition coefficient (Wildman–Crippen LogP) is 5.99. The normalized spacial score (nSPS) is 17.7. The third kappa shape index (κ3) is 5.59. The average Bonchev–Trinajstić information content (AvgIpc) is 3.35. The number of hydrogen-bond donors (Lipinski definition) is 2. The minimum Gasteiger partial charge on any atom is -0.339 e. The summed E-state index contributed by atoms with van der Waals surface area (Å²) in [6.07, 6.45) is -1.53. The van der Waals surface area contributed by atoms with Gasteiger partial charge in [-0.1, -0.05) is 42.5 Å². The maximum absolute atomic E-state index is 14.3. The fourth-order valence-corrected chi connectivity index (χ4v) is 5.61. The third-order valence-corrected chi connectivity index (χ3v) is 7.94. The first-order chi connectivity index (χ1) is 21.6. The van der Waals surface area contributed by atoms with Crippen LogP contribution in [0.1, 0.15) is 52.7 Å². The van der Waals surface area contributed by atoms with E-state index < -0.39 is 41.3 Å². The van der Waals surface area contributed by atoms with Crippen LogP contribution in [0.3, 0.4) is 0 Å². The number of para-hydroxylation sites is 1. The SMILES string of the molecule is CCN1C(=O)[C@@H](NC(=O)c2cccc(C(F)(F)F)c2)[C@@H](c2ccc(F)cc2)c2c(NC(=O)C3=CCC3)nn(-c3ccccc3)c21. The highest BCUT2D eigenvalue weighted by Gasteiger charge is 2.47. The van der Waals surface area contributed by atoms with Gasteiger partial charge in [0.05, 0.1) is 11.3 Å². The minimum atomic E-state index is -4.68. The zero-order valence-corrected chi connectivity index (χ0v) is 23.9. The predicted molar refractivity (Wildman–Crippen MR) is 158 cm³/mol. The van der Waals surface area contributed by atoms with Gasteiger partial charge in [0.2, 0.25) is 0 Å². The van der Waals surface area contributed by atoms with E-state index in [0.29, 0.717) is 40.7 Å². The molecule has 0 saturated heterocycles. The number of likely N-dealkylation sites (N-methyl/N-ethyl adjacent to an activating group) is 1. The Balaban J connectivity index is 1.53. The van der Waals surface area contributed by atoms with Crippen molar-refractivity contribution in [3.8, 4) is 5.69 Å². The molecule has 0 unspecified atom stereocenters. The van der Waals surface area contributed by atoms with E-state index in [1.165, 1.54) is 39.9 Å². The van der Waals surface area contributed by atoms with E-state index in [-0.39, 0.29) is 23.8 Å². The number of halogens is 4. The lowest BCUT2D eigenvalue weighted by Crippen LogP contribution is -2.55. The molecule has 12 heteroatoms. The number of anilines is 2. The van der Waals surface area contributed by atoms with Crippen LogP contribution in [0.5, 0.6) is 0 Å². The summed E-state index contributed by atoms with van der Waals surface area (Å²) >= 11 is 0. The van der Waals surface area contributed by atoms with E-state index in [1.54, 1.807) is 37.3 Å². The number of hydrogen-bond acceptors (Lipinski definition) is 4. The third-order valence-electron chi connectivity index (χ3n) is 7.94. The molecule has 8 nitrogen and oxygen atoms in total. The smallest absolute Gasteiger partial charge is 0.339 e. The summed E-state index contributed by atoms with van der Waals surface area (Å²) < 4.78 is 55.9. The highest BCUT2D eigenvalue weighted by molar-refractivity contribution is 6.08. The van der Waals surface area contributed by atoms with E-state index in [9.17, 15) is 31.9 Å². The second kappa shape index (κ2) is 11.7. The van der Waals surface area contributed by atoms with Crippen LogP contribution >= 0.6 is 0 Å². The van der Waals surface area contributed by atoms with Gasteiger partial charge in [-0.15, -0.1) is 5.10 Å². The molecule has 45 heavy (non-hydrogen) atoms. The molecule has 1 aromatic heterocycles. The van der Waals surface area contributed by atoms with Crippen LogP contribution in [-0.2, 0) is 15.8 Å². The lowest BCUT2D eigenvalue weighted by Gasteiger charge is -2.38. The van der Waals surface area contributed by atoms with E-state index >= 15 is 0 Å². The molecule has 230 valence electrons. The number of amides is 3. The number of alkyl halides is 3. The summed E-state index contributed by atoms with van der Waals surface area (Å²) in [6, 6.07) is 16.8. The Morgan fingerprint density at radius 3 is 2.31 bits per heavy atom. The van der Waals surface area contributed by atoms with Gasteiger partial charge < -0.3 is 10.6 Å². The minimum absolute atomic E-state index is 0.130. The molecular weight excluding hydrogens is 590 g/mol. The molecule has 3 aromatic carbocycles. The summed E-state index contributed by atoms with van der Waals surface area (Å²) in [5, 5.41) is 10.3. The summed E-state index contributed by atoms with van der Waals surface area (Å²) in [4.78, 5) is 42.3. The van der Waals surface area contributed by atoms with Crippen LogP contribution in [-0.4, -0.2) is 40.1 Å². The fraction of sp³-hybridized carbons (Fsp3) is 0.212. The number of rotatable bonds is 7. The van der Waals surface area contributed by atoms with Crippen LogP contribution in [0, 0.1) is 5.82 Å². The summed E-state index contributed by atoms with van der Waals surface area (Å²) in [6.45, 7) is 1.86. The lowest BCUT2D eigenvalue weighted by molar-refractivity contribution is -0.137. The molecule has 0 fully saturated rings. The number of fused-ring (bicyclic) bond motifs is 1. The first kappa shape index (κ1) is 29.8. The fourth-order valence-electron chi connectivity index (χ4n) is 5.61. The van der Waals surface area contributed by atoms with Gasteiger partial charge in [0, 0.05) is 29.2 Å². The molecule has 1 aliphatic heterocycles. The van der Waals surface area contributed by atoms with Gasteiger partial charge in [-0.05, 0) is 67.8 Å². The number of nitrogens with one attached hydrogen (secondary N) is 2. The summed E-state index contributed by atoms with van der Waals surface area (Å²) in [5.74, 6) is -2.91. The van der Waals surface area contributed by atoms with E-state index in [1.807, 2.05) is 6.07 Å². The average molecular weight is 618 g/mol. The molecule has 2 N–H and O–H groups in total. The Morgan fingerprint density at radius 1 is 0.978 bits per heavy atom. The first-order valence-corrected chi connectivity index (χ1v) is 14.3. The van der Waals surface area contributed by atoms with Crippen molar-refractivity contribution in [2.45, 2.75) is 37.9 Å². The zero-order chi connectivity index (χ0) is 31.9. The molecule has 0 radical (unpaired) electrons. The largest absolute Gasteiger partial charge is 0.416 e. The van der Waals surface area contributed by atoms with Crippen molar-refractivity contribution < 1.29 is 31.9 Å². The first-order valence-electron chi connectivity index (χ1n) is 14.3. The maximum Gasteiger partial charge on any atom is 0.416 e. The second-order valence-corrected chi connectivity index (χ2v) is 10.7. The molecular formula is C33H27F4N5O3. The molecule has 1 aliphatic carbocycles. The number of allylic oxidation sites excluding steroid dienone is 1. The topological polar surface area (TPSA) is 96.3 Å². The Morgan fingerprint density at radius 2 is 1.69 bits per heavy atom. The molecule has 0 saturated carbocycles. The van der Waals surface area contributed by atoms with Gasteiger partial charge in [-0.3, -0.25) is 19.3 Å². The van der Waals surface area contributed by atoms with Crippen LogP contribution in [0.15, 0.2) is 90.5 Å². The van der Waals surface area contributed by atoms with E-state index in [4.69, 9.17) is 5.10 Å². The number of benzene rings is 3. The molecule has 0 spiro atoms. The molecule has 0 bridgehead atoms. The van der Waals surface area contributed by atoms with Gasteiger partial charge in [-0.25, -0.2) is 9.07 Å². The standard InChI is InChI=1S/C33H27F4N5O3/c1-2-41-31-26(28(39-29(43)20-8-6-9-20)40-42(31)24-12-4-3-5-13-24)25(19-14-16-23(34)17-15-19)27(32(41)45)38-30(44)21-10-7-11-22(18-21)33(35,36)37/h3-5,7-8,10-18,25,27H,2,6,9H2,1H3,(H,38,44)(H,39,40,43)/t25-,27-/m0/s1. The molecule has 6 rings (SSSR count). The van der Waals surface area contributed by atoms with Gasteiger partial charge in [-0.2, -0.15) is 13.2 Å². The Hall–Kier alpha value is -5.26. The van der Waals surface area contributed by atoms with Gasteiger partial charge in [0.1, 0.15) is 17.7 Å². The van der Waals surface area contributed by atoms with Crippen molar-refractivity contribution in [3.05, 3.63) is 119 Å². The van der Waals surface area contributed by atoms with Crippen molar-refractivity contribution >= 4 is 29.4 Å². The van der Waals surface area contributed by atoms with Gasteiger partial charge in [0.25, 0.3) is 17.7 Å². The molecule has 2 aliphatic rings. The van der Waals surface area contributed by atoms with Crippen molar-refractivity contribution in [1.82, 2.24) is 15.1 Å². The molecule has 2 atom stereocenters. The van der Waals surface area contributed by atoms with Crippen LogP contribution in [0.25, 0.3) is 5.69 Å². The van der Waals surface area contributed by atoms with Crippen LogP contribution in [0.4, 0.5) is 29.2 Å². The quantitative estimate of drug-likeness (QED) is 0.249. The molecule has 4 aromatic rings. The molecule has 3 amide bonds. The van der Waals surface area contributed by atoms with E-state index in [0.717, 1.165) is 18.6 Å². The lowest BCUT2D eigenvalue weighted by atomic mass is 9.81. The summed E-state index contributed by atoms with van der Waals surface area (Å²) in [5.41, 5.74) is 0.654. The van der Waals surface area contributed by atoms with Crippen LogP contribution < -0.4 is 15.5 Å². The highest BCUT2D eigenvalue weighted by Crippen LogP contribution is 2.46. The maximum atomic E-state index is 14.3. The van der Waals surface area contributed by atoms with Gasteiger partial charge in [0.15, 0.2) is 5.82 Å². The van der Waals surface area contributed by atoms with Crippen molar-refractivity contribution in [2.75, 3.05) is 16.8 Å². The summed E-state index contributed by atoms with van der Waals surface area (Å²) in [7, 11) is 0. The van der Waals surface area contributed by atoms with Crippen molar-refractivity contribution in [3.63, 3.8) is 0 Å². The van der Waals surface area contributed by atoms with E-state index in [2.05, 4.69) is 10.6 Å². The second-order valence-electron chi connectivity index (χ2n) is 10.7. The van der Waals surface area contributed by atoms with Crippen LogP contribution in [0.2, 0.25) is 0 Å².